The number of methoxy groups -OCH3 is 1. The molecule has 0 saturated heterocycles. The van der Waals surface area contributed by atoms with Crippen LogP contribution in [0.4, 0.5) is 16.2 Å². The van der Waals surface area contributed by atoms with Crippen LogP contribution in [0.2, 0.25) is 0 Å². The highest BCUT2D eigenvalue weighted by Gasteiger charge is 2.23. The second kappa shape index (κ2) is 14.4. The highest BCUT2D eigenvalue weighted by Crippen LogP contribution is 2.37. The number of hydrogen-bond acceptors (Lipinski definition) is 6. The van der Waals surface area contributed by atoms with Gasteiger partial charge in [-0.1, -0.05) is 63.9 Å². The Morgan fingerprint density at radius 2 is 1.65 bits per heavy atom. The molecule has 4 aromatic carbocycles. The van der Waals surface area contributed by atoms with Crippen molar-refractivity contribution >= 4 is 34.0 Å². The average molecular weight is 642 g/mol. The fraction of sp³-hybridized carbons (Fsp3) is 0.225. The fourth-order valence-electron chi connectivity index (χ4n) is 5.51. The van der Waals surface area contributed by atoms with E-state index in [1.54, 1.807) is 37.4 Å². The zero-order valence-corrected chi connectivity index (χ0v) is 27.8. The minimum atomic E-state index is -0.481. The van der Waals surface area contributed by atoms with Gasteiger partial charge in [0.05, 0.1) is 30.7 Å². The average Bonchev–Trinajstić information content (AvgIpc) is 3.08. The van der Waals surface area contributed by atoms with Gasteiger partial charge in [0.1, 0.15) is 11.5 Å². The van der Waals surface area contributed by atoms with E-state index in [4.69, 9.17) is 15.9 Å². The summed E-state index contributed by atoms with van der Waals surface area (Å²) in [4.78, 5) is 30.7. The van der Waals surface area contributed by atoms with Gasteiger partial charge in [0, 0.05) is 47.1 Å². The lowest BCUT2D eigenvalue weighted by atomic mass is 9.85. The van der Waals surface area contributed by atoms with Crippen LogP contribution >= 0.6 is 0 Å². The van der Waals surface area contributed by atoms with Gasteiger partial charge in [0.2, 0.25) is 0 Å². The van der Waals surface area contributed by atoms with Crippen LogP contribution in [0.25, 0.3) is 10.8 Å². The van der Waals surface area contributed by atoms with Gasteiger partial charge in [0.25, 0.3) is 0 Å². The fourth-order valence-corrected chi connectivity index (χ4v) is 5.51. The van der Waals surface area contributed by atoms with Crippen LogP contribution in [0.15, 0.2) is 85.1 Å². The lowest BCUT2D eigenvalue weighted by molar-refractivity contribution is 0.0985. The van der Waals surface area contributed by atoms with Crippen LogP contribution in [-0.4, -0.2) is 29.0 Å². The number of fused-ring (bicyclic) bond motifs is 1. The van der Waals surface area contributed by atoms with E-state index >= 15 is 0 Å². The normalized spacial score (nSPS) is 11.1. The topological polar surface area (TPSA) is 110 Å². The predicted molar refractivity (Wildman–Crippen MR) is 190 cm³/mol. The first-order valence-electron chi connectivity index (χ1n) is 15.7. The molecule has 0 saturated carbocycles. The monoisotopic (exact) mass is 641 g/mol. The van der Waals surface area contributed by atoms with Crippen molar-refractivity contribution in [3.63, 3.8) is 0 Å². The van der Waals surface area contributed by atoms with Gasteiger partial charge in [-0.25, -0.2) is 4.79 Å². The number of ether oxygens (including phenoxy) is 2. The summed E-state index contributed by atoms with van der Waals surface area (Å²) in [5.74, 6) is 4.09. The molecular formula is C40H39N3O5. The van der Waals surface area contributed by atoms with Gasteiger partial charge in [-0.2, -0.15) is 0 Å². The van der Waals surface area contributed by atoms with Crippen molar-refractivity contribution in [1.29, 1.82) is 0 Å². The number of nitrogens with one attached hydrogen (secondary N) is 2. The summed E-state index contributed by atoms with van der Waals surface area (Å²) < 4.78 is 12.0. The molecule has 8 heteroatoms. The van der Waals surface area contributed by atoms with Gasteiger partial charge >= 0.3 is 6.03 Å². The van der Waals surface area contributed by atoms with Crippen molar-refractivity contribution in [2.45, 2.75) is 52.6 Å². The summed E-state index contributed by atoms with van der Waals surface area (Å²) in [5.41, 5.74) is 5.23. The number of aliphatic hydroxyl groups excluding tert-OH is 1. The number of amides is 2. The third kappa shape index (κ3) is 7.65. The number of rotatable bonds is 10. The molecule has 0 aliphatic heterocycles. The molecular weight excluding hydrogens is 602 g/mol. The molecule has 0 aliphatic rings. The number of benzene rings is 4. The number of pyridine rings is 1. The maximum atomic E-state index is 13.4. The van der Waals surface area contributed by atoms with Crippen LogP contribution < -0.4 is 20.1 Å². The summed E-state index contributed by atoms with van der Waals surface area (Å²) in [6.07, 6.45) is 8.11. The number of carbonyl (C=O) groups is 2. The minimum Gasteiger partial charge on any atom is -0.494 e. The molecule has 1 heterocycles. The zero-order valence-electron chi connectivity index (χ0n) is 27.8. The highest BCUT2D eigenvalue weighted by atomic mass is 16.5. The molecule has 8 nitrogen and oxygen atoms in total. The van der Waals surface area contributed by atoms with Gasteiger partial charge in [-0.15, -0.1) is 6.42 Å². The molecule has 0 bridgehead atoms. The van der Waals surface area contributed by atoms with Crippen molar-refractivity contribution in [2.75, 3.05) is 17.7 Å². The van der Waals surface area contributed by atoms with Crippen LogP contribution in [0.1, 0.15) is 72.4 Å². The molecule has 5 aromatic rings. The van der Waals surface area contributed by atoms with Gasteiger partial charge in [-0.05, 0) is 64.6 Å². The van der Waals surface area contributed by atoms with Crippen molar-refractivity contribution in [2.24, 2.45) is 0 Å². The molecule has 2 amide bonds. The van der Waals surface area contributed by atoms with Crippen molar-refractivity contribution in [1.82, 2.24) is 4.98 Å². The smallest absolute Gasteiger partial charge is 0.323 e. The molecule has 48 heavy (non-hydrogen) atoms. The number of hydrogen-bond donors (Lipinski definition) is 3. The molecule has 3 N–H and O–H groups in total. The first kappa shape index (κ1) is 33.7. The Bertz CT molecular complexity index is 2040. The Morgan fingerprint density at radius 3 is 2.33 bits per heavy atom. The Balaban J connectivity index is 1.39. The van der Waals surface area contributed by atoms with Crippen molar-refractivity contribution < 1.29 is 24.2 Å². The second-order valence-corrected chi connectivity index (χ2v) is 12.5. The van der Waals surface area contributed by atoms with E-state index in [0.29, 0.717) is 52.6 Å². The SMILES string of the molecule is C#Cc1cc(CO)cc(Cc2cc(Oc3ccc(NC(=O)Nc4cc(C(C)(C)C)cc(C(=O)CC)c4OC)c4ccccc34)ccn2)c1. The molecule has 0 spiro atoms. The third-order valence-corrected chi connectivity index (χ3v) is 7.96. The largest absolute Gasteiger partial charge is 0.494 e. The number of Topliss-reactive ketones (excluding diaryl/α,β-unsaturated/α-hetero) is 1. The Morgan fingerprint density at radius 1 is 0.917 bits per heavy atom. The quantitative estimate of drug-likeness (QED) is 0.104. The van der Waals surface area contributed by atoms with E-state index in [2.05, 4.69) is 21.5 Å². The molecule has 5 rings (SSSR count). The molecule has 0 aliphatic carbocycles. The Hall–Kier alpha value is -5.65. The highest BCUT2D eigenvalue weighted by molar-refractivity contribution is 6.09. The summed E-state index contributed by atoms with van der Waals surface area (Å²) >= 11 is 0. The zero-order chi connectivity index (χ0) is 34.4. The van der Waals surface area contributed by atoms with Crippen LogP contribution in [0, 0.1) is 12.3 Å². The maximum absolute atomic E-state index is 13.4. The van der Waals surface area contributed by atoms with Crippen molar-refractivity contribution in [3.05, 3.63) is 119 Å². The van der Waals surface area contributed by atoms with Gasteiger partial charge in [-0.3, -0.25) is 9.78 Å². The minimum absolute atomic E-state index is 0.0711. The molecule has 244 valence electrons. The first-order chi connectivity index (χ1) is 23.0. The van der Waals surface area contributed by atoms with Crippen molar-refractivity contribution in [3.8, 4) is 29.6 Å². The van der Waals surface area contributed by atoms with Crippen LogP contribution in [-0.2, 0) is 18.4 Å². The number of carbonyl (C=O) groups excluding carboxylic acids is 2. The van der Waals surface area contributed by atoms with E-state index < -0.39 is 6.03 Å². The Kier molecular flexibility index (Phi) is 10.1. The molecule has 1 aromatic heterocycles. The number of aromatic nitrogens is 1. The van der Waals surface area contributed by atoms with Gasteiger partial charge < -0.3 is 25.2 Å². The van der Waals surface area contributed by atoms with E-state index in [1.807, 2.05) is 75.4 Å². The predicted octanol–water partition coefficient (Wildman–Crippen LogP) is 8.63. The summed E-state index contributed by atoms with van der Waals surface area (Å²) in [6.45, 7) is 7.85. The third-order valence-electron chi connectivity index (χ3n) is 7.96. The van der Waals surface area contributed by atoms with Gasteiger partial charge in [0.15, 0.2) is 11.5 Å². The summed E-state index contributed by atoms with van der Waals surface area (Å²) in [7, 11) is 1.49. The lowest BCUT2D eigenvalue weighted by Gasteiger charge is -2.23. The standard InChI is InChI=1S/C40H39N3O5/c1-7-25-17-26(19-27(18-25)24-44)20-29-23-30(15-16-41-29)48-37-14-13-34(31-11-9-10-12-32(31)37)42-39(46)43-35-22-28(40(3,4)5)21-33(36(45)8-2)38(35)47-6/h1,9-19,21-23,44H,8,20,24H2,2-6H3,(H2,42,43,46). The van der Waals surface area contributed by atoms with Crippen LogP contribution in [0.5, 0.6) is 17.2 Å². The molecule has 0 unspecified atom stereocenters. The van der Waals surface area contributed by atoms with Crippen LogP contribution in [0.3, 0.4) is 0 Å². The number of urea groups is 1. The number of ketones is 1. The lowest BCUT2D eigenvalue weighted by Crippen LogP contribution is -2.22. The number of anilines is 2. The molecule has 0 radical (unpaired) electrons. The number of nitrogens with zero attached hydrogens (tertiary/aromatic N) is 1. The second-order valence-electron chi connectivity index (χ2n) is 12.5. The first-order valence-corrected chi connectivity index (χ1v) is 15.7. The van der Waals surface area contributed by atoms with E-state index in [9.17, 15) is 14.7 Å². The van der Waals surface area contributed by atoms with E-state index in [0.717, 1.165) is 33.2 Å². The maximum Gasteiger partial charge on any atom is 0.323 e. The molecule has 0 fully saturated rings. The Labute approximate surface area is 281 Å². The molecule has 0 atom stereocenters. The number of terminal acetylenes is 1. The summed E-state index contributed by atoms with van der Waals surface area (Å²) in [6, 6.07) is 23.7. The van der Waals surface area contributed by atoms with E-state index in [-0.39, 0.29) is 17.8 Å². The van der Waals surface area contributed by atoms with E-state index in [1.165, 1.54) is 7.11 Å². The number of aliphatic hydroxyl groups is 1. The summed E-state index contributed by atoms with van der Waals surface area (Å²) in [5, 5.41) is 17.1.